The standard InChI is InChI=1S/C20H24ClN3O3S/c1-14-4-5-15(2)19(12-14)22-20(25)17-13-16(6-7-18(17)21)28(26,27)24-10-8-23(3)9-11-24/h4-7,12-13H,8-11H2,1-3H3,(H,22,25). The minimum Gasteiger partial charge on any atom is -0.322 e. The topological polar surface area (TPSA) is 69.7 Å². The molecule has 1 saturated heterocycles. The Morgan fingerprint density at radius 1 is 1.04 bits per heavy atom. The zero-order valence-electron chi connectivity index (χ0n) is 16.2. The van der Waals surface area contributed by atoms with Gasteiger partial charge in [-0.2, -0.15) is 4.31 Å². The van der Waals surface area contributed by atoms with Crippen molar-refractivity contribution in [1.29, 1.82) is 0 Å². The maximum Gasteiger partial charge on any atom is 0.257 e. The molecule has 1 aliphatic heterocycles. The summed E-state index contributed by atoms with van der Waals surface area (Å²) < 4.78 is 27.4. The lowest BCUT2D eigenvalue weighted by Crippen LogP contribution is -2.47. The van der Waals surface area contributed by atoms with Crippen molar-refractivity contribution in [2.24, 2.45) is 0 Å². The number of hydrogen-bond acceptors (Lipinski definition) is 4. The average Bonchev–Trinajstić information content (AvgIpc) is 2.65. The van der Waals surface area contributed by atoms with Crippen molar-refractivity contribution in [1.82, 2.24) is 9.21 Å². The lowest BCUT2D eigenvalue weighted by Gasteiger charge is -2.31. The predicted molar refractivity (Wildman–Crippen MR) is 112 cm³/mol. The molecule has 0 bridgehead atoms. The Hall–Kier alpha value is -1.93. The van der Waals surface area contributed by atoms with Crippen LogP contribution in [0.3, 0.4) is 0 Å². The summed E-state index contributed by atoms with van der Waals surface area (Å²) in [6.45, 7) is 6.02. The lowest BCUT2D eigenvalue weighted by molar-refractivity contribution is 0.102. The predicted octanol–water partition coefficient (Wildman–Crippen LogP) is 3.15. The van der Waals surface area contributed by atoms with Crippen molar-refractivity contribution in [3.05, 3.63) is 58.1 Å². The number of aryl methyl sites for hydroxylation is 2. The molecule has 1 amide bonds. The van der Waals surface area contributed by atoms with E-state index in [-0.39, 0.29) is 15.5 Å². The highest BCUT2D eigenvalue weighted by Gasteiger charge is 2.28. The van der Waals surface area contributed by atoms with Crippen LogP contribution >= 0.6 is 11.6 Å². The van der Waals surface area contributed by atoms with Gasteiger partial charge in [-0.05, 0) is 56.3 Å². The molecule has 8 heteroatoms. The SMILES string of the molecule is Cc1ccc(C)c(NC(=O)c2cc(S(=O)(=O)N3CCN(C)CC3)ccc2Cl)c1. The Labute approximate surface area is 171 Å². The van der Waals surface area contributed by atoms with E-state index in [1.807, 2.05) is 39.1 Å². The smallest absolute Gasteiger partial charge is 0.257 e. The summed E-state index contributed by atoms with van der Waals surface area (Å²) in [7, 11) is -1.72. The maximum atomic E-state index is 13.0. The summed E-state index contributed by atoms with van der Waals surface area (Å²) in [6, 6.07) is 10.0. The van der Waals surface area contributed by atoms with Crippen LogP contribution in [0, 0.1) is 13.8 Å². The van der Waals surface area contributed by atoms with Gasteiger partial charge in [0, 0.05) is 31.9 Å². The molecule has 2 aromatic carbocycles. The first kappa shape index (κ1) is 20.8. The molecule has 0 saturated carbocycles. The number of anilines is 1. The van der Waals surface area contributed by atoms with Crippen molar-refractivity contribution >= 4 is 33.2 Å². The molecule has 0 aromatic heterocycles. The number of piperazine rings is 1. The summed E-state index contributed by atoms with van der Waals surface area (Å²) in [4.78, 5) is 14.9. The molecule has 150 valence electrons. The van der Waals surface area contributed by atoms with Crippen LogP contribution in [0.4, 0.5) is 5.69 Å². The Balaban J connectivity index is 1.89. The summed E-state index contributed by atoms with van der Waals surface area (Å²) >= 11 is 6.21. The Kier molecular flexibility index (Phi) is 6.09. The van der Waals surface area contributed by atoms with E-state index < -0.39 is 15.9 Å². The molecular weight excluding hydrogens is 398 g/mol. The second-order valence-corrected chi connectivity index (χ2v) is 9.47. The summed E-state index contributed by atoms with van der Waals surface area (Å²) in [5.74, 6) is -0.436. The van der Waals surface area contributed by atoms with E-state index >= 15 is 0 Å². The van der Waals surface area contributed by atoms with Gasteiger partial charge < -0.3 is 10.2 Å². The molecule has 1 heterocycles. The van der Waals surface area contributed by atoms with E-state index in [9.17, 15) is 13.2 Å². The minimum atomic E-state index is -3.68. The number of carbonyl (C=O) groups is 1. The molecule has 3 rings (SSSR count). The van der Waals surface area contributed by atoms with E-state index in [4.69, 9.17) is 11.6 Å². The summed E-state index contributed by atoms with van der Waals surface area (Å²) in [6.07, 6.45) is 0. The van der Waals surface area contributed by atoms with Gasteiger partial charge in [0.25, 0.3) is 5.91 Å². The number of benzene rings is 2. The Morgan fingerprint density at radius 2 is 1.71 bits per heavy atom. The maximum absolute atomic E-state index is 13.0. The second kappa shape index (κ2) is 8.21. The molecule has 1 N–H and O–H groups in total. The van der Waals surface area contributed by atoms with E-state index in [1.165, 1.54) is 22.5 Å². The number of likely N-dealkylation sites (N-methyl/N-ethyl adjacent to an activating group) is 1. The van der Waals surface area contributed by atoms with Gasteiger partial charge in [-0.1, -0.05) is 23.7 Å². The van der Waals surface area contributed by atoms with Crippen LogP contribution in [0.15, 0.2) is 41.3 Å². The fraction of sp³-hybridized carbons (Fsp3) is 0.350. The molecule has 0 atom stereocenters. The first-order chi connectivity index (χ1) is 13.2. The van der Waals surface area contributed by atoms with Crippen LogP contribution in [0.1, 0.15) is 21.5 Å². The van der Waals surface area contributed by atoms with Crippen LogP contribution in [0.25, 0.3) is 0 Å². The molecule has 28 heavy (non-hydrogen) atoms. The first-order valence-corrected chi connectivity index (χ1v) is 10.9. The van der Waals surface area contributed by atoms with E-state index in [0.717, 1.165) is 11.1 Å². The molecule has 0 aliphatic carbocycles. The zero-order valence-corrected chi connectivity index (χ0v) is 17.8. The molecule has 0 unspecified atom stereocenters. The van der Waals surface area contributed by atoms with Crippen LogP contribution in [0.2, 0.25) is 5.02 Å². The van der Waals surface area contributed by atoms with Crippen molar-refractivity contribution in [2.75, 3.05) is 38.5 Å². The van der Waals surface area contributed by atoms with Crippen molar-refractivity contribution in [3.63, 3.8) is 0 Å². The van der Waals surface area contributed by atoms with E-state index in [2.05, 4.69) is 10.2 Å². The Morgan fingerprint density at radius 3 is 2.39 bits per heavy atom. The van der Waals surface area contributed by atoms with Crippen LogP contribution in [-0.2, 0) is 10.0 Å². The second-order valence-electron chi connectivity index (χ2n) is 7.12. The zero-order chi connectivity index (χ0) is 20.5. The van der Waals surface area contributed by atoms with Gasteiger partial charge in [0.15, 0.2) is 0 Å². The normalized spacial score (nSPS) is 16.1. The minimum absolute atomic E-state index is 0.0765. The van der Waals surface area contributed by atoms with Crippen LogP contribution < -0.4 is 5.32 Å². The number of hydrogen-bond donors (Lipinski definition) is 1. The number of amides is 1. The quantitative estimate of drug-likeness (QED) is 0.823. The van der Waals surface area contributed by atoms with Crippen molar-refractivity contribution in [2.45, 2.75) is 18.7 Å². The monoisotopic (exact) mass is 421 g/mol. The molecule has 6 nitrogen and oxygen atoms in total. The third kappa shape index (κ3) is 4.38. The van der Waals surface area contributed by atoms with E-state index in [0.29, 0.717) is 31.9 Å². The van der Waals surface area contributed by atoms with Gasteiger partial charge in [-0.3, -0.25) is 4.79 Å². The highest BCUT2D eigenvalue weighted by Crippen LogP contribution is 2.25. The number of nitrogens with zero attached hydrogens (tertiary/aromatic N) is 2. The fourth-order valence-corrected chi connectivity index (χ4v) is 4.73. The number of nitrogens with one attached hydrogen (secondary N) is 1. The molecule has 0 spiro atoms. The van der Waals surface area contributed by atoms with Crippen LogP contribution in [0.5, 0.6) is 0 Å². The number of halogens is 1. The third-order valence-electron chi connectivity index (χ3n) is 4.92. The number of carbonyl (C=O) groups excluding carboxylic acids is 1. The Bertz CT molecular complexity index is 1000. The lowest BCUT2D eigenvalue weighted by atomic mass is 10.1. The van der Waals surface area contributed by atoms with Gasteiger partial charge >= 0.3 is 0 Å². The van der Waals surface area contributed by atoms with Gasteiger partial charge in [-0.15, -0.1) is 0 Å². The van der Waals surface area contributed by atoms with Crippen LogP contribution in [-0.4, -0.2) is 56.8 Å². The molecule has 1 aliphatic rings. The molecular formula is C20H24ClN3O3S. The summed E-state index contributed by atoms with van der Waals surface area (Å²) in [5, 5.41) is 3.04. The van der Waals surface area contributed by atoms with Gasteiger partial charge in [0.05, 0.1) is 15.5 Å². The first-order valence-electron chi connectivity index (χ1n) is 9.05. The number of sulfonamides is 1. The fourth-order valence-electron chi connectivity index (χ4n) is 3.08. The van der Waals surface area contributed by atoms with Gasteiger partial charge in [0.1, 0.15) is 0 Å². The molecule has 2 aromatic rings. The molecule has 0 radical (unpaired) electrons. The van der Waals surface area contributed by atoms with Gasteiger partial charge in [0.2, 0.25) is 10.0 Å². The highest BCUT2D eigenvalue weighted by atomic mass is 35.5. The molecule has 1 fully saturated rings. The highest BCUT2D eigenvalue weighted by molar-refractivity contribution is 7.89. The average molecular weight is 422 g/mol. The summed E-state index contributed by atoms with van der Waals surface area (Å²) in [5.41, 5.74) is 2.74. The number of rotatable bonds is 4. The van der Waals surface area contributed by atoms with E-state index in [1.54, 1.807) is 0 Å². The van der Waals surface area contributed by atoms with Crippen molar-refractivity contribution < 1.29 is 13.2 Å². The van der Waals surface area contributed by atoms with Gasteiger partial charge in [-0.25, -0.2) is 8.42 Å². The largest absolute Gasteiger partial charge is 0.322 e. The van der Waals surface area contributed by atoms with Crippen molar-refractivity contribution in [3.8, 4) is 0 Å². The third-order valence-corrected chi connectivity index (χ3v) is 7.15.